The van der Waals surface area contributed by atoms with E-state index in [9.17, 15) is 0 Å². The third kappa shape index (κ3) is 17.7. The molecule has 0 saturated carbocycles. The van der Waals surface area contributed by atoms with Gasteiger partial charge in [-0.15, -0.1) is 11.6 Å². The van der Waals surface area contributed by atoms with Crippen molar-refractivity contribution >= 4 is 11.6 Å². The van der Waals surface area contributed by atoms with Gasteiger partial charge in [0.1, 0.15) is 0 Å². The summed E-state index contributed by atoms with van der Waals surface area (Å²) in [5.74, 6) is 0. The van der Waals surface area contributed by atoms with Crippen LogP contribution in [-0.4, -0.2) is 0 Å². The van der Waals surface area contributed by atoms with Gasteiger partial charge in [0.25, 0.3) is 0 Å². The largest absolute Gasteiger partial charge is 1.00 e. The molecule has 0 amide bonds. The average molecular weight is 68.4 g/mol. The maximum Gasteiger partial charge on any atom is 1.00 e. The Balaban J connectivity index is 0. The van der Waals surface area contributed by atoms with Crippen LogP contribution in [-0.2, 0) is 0 Å². The average Bonchev–Trinajstić information content (AvgIpc) is 0.918. The second kappa shape index (κ2) is 9.45. The molecule has 0 nitrogen and oxygen atoms in total. The predicted octanol–water partition coefficient (Wildman–Crippen LogP) is -1.82. The van der Waals surface area contributed by atoms with E-state index in [4.69, 9.17) is 0 Å². The quantitative estimate of drug-likeness (QED) is 0.232. The summed E-state index contributed by atoms with van der Waals surface area (Å²) < 4.78 is 0. The molecule has 0 spiro atoms. The van der Waals surface area contributed by atoms with E-state index in [0.717, 1.165) is 5.54 Å². The van der Waals surface area contributed by atoms with Gasteiger partial charge >= 0.3 is 18.9 Å². The first-order valence-corrected chi connectivity index (χ1v) is 0.988. The fourth-order valence-corrected chi connectivity index (χ4v) is 0. The fourth-order valence-electron chi connectivity index (χ4n) is 0. The van der Waals surface area contributed by atoms with Crippen LogP contribution >= 0.6 is 11.6 Å². The Morgan fingerprint density at radius 1 is 1.75 bits per heavy atom. The van der Waals surface area contributed by atoms with Gasteiger partial charge in [-0.3, -0.25) is 0 Å². The number of halogens is 1. The molecular formula is C2H2ClLi. The summed E-state index contributed by atoms with van der Waals surface area (Å²) in [6, 6.07) is 0. The molecule has 0 aromatic heterocycles. The van der Waals surface area contributed by atoms with Gasteiger partial charge in [-0.1, -0.05) is 0 Å². The maximum absolute atomic E-state index is 4.65. The molecule has 0 aliphatic carbocycles. The number of rotatable bonds is 0. The van der Waals surface area contributed by atoms with Gasteiger partial charge in [0, 0.05) is 0 Å². The third-order valence-electron chi connectivity index (χ3n) is 0. The van der Waals surface area contributed by atoms with E-state index < -0.39 is 0 Å². The van der Waals surface area contributed by atoms with Gasteiger partial charge in [-0.25, -0.2) is 0 Å². The van der Waals surface area contributed by atoms with Crippen molar-refractivity contribution in [2.75, 3.05) is 0 Å². The van der Waals surface area contributed by atoms with Crippen LogP contribution in [0.3, 0.4) is 0 Å². The first kappa shape index (κ1) is 8.82. The van der Waals surface area contributed by atoms with Gasteiger partial charge in [-0.2, -0.15) is 5.54 Å². The molecule has 0 bridgehead atoms. The monoisotopic (exact) mass is 68.0 g/mol. The van der Waals surface area contributed by atoms with E-state index in [1.54, 1.807) is 0 Å². The van der Waals surface area contributed by atoms with Gasteiger partial charge < -0.3 is 6.58 Å². The van der Waals surface area contributed by atoms with E-state index in [-0.39, 0.29) is 18.9 Å². The summed E-state index contributed by atoms with van der Waals surface area (Å²) in [7, 11) is 0. The van der Waals surface area contributed by atoms with Crippen molar-refractivity contribution in [3.05, 3.63) is 12.1 Å². The van der Waals surface area contributed by atoms with Crippen molar-refractivity contribution in [1.82, 2.24) is 0 Å². The van der Waals surface area contributed by atoms with Crippen molar-refractivity contribution in [3.8, 4) is 0 Å². The van der Waals surface area contributed by atoms with Gasteiger partial charge in [-0.05, 0) is 0 Å². The molecule has 0 atom stereocenters. The minimum Gasteiger partial charge on any atom is -0.502 e. The zero-order valence-electron chi connectivity index (χ0n) is 2.53. The topological polar surface area (TPSA) is 0 Å². The van der Waals surface area contributed by atoms with Crippen LogP contribution in [0, 0.1) is 6.58 Å². The van der Waals surface area contributed by atoms with Crippen molar-refractivity contribution < 1.29 is 18.9 Å². The summed E-state index contributed by atoms with van der Waals surface area (Å²) in [5.41, 5.74) is 0.972. The molecule has 18 valence electrons. The molecule has 0 radical (unpaired) electrons. The fraction of sp³-hybridized carbons (Fsp3) is 0. The van der Waals surface area contributed by atoms with Crippen LogP contribution < -0.4 is 18.9 Å². The Hall–Kier alpha value is 0.627. The SMILES string of the molecule is [CH-]=CCl.[Li+]. The molecule has 2 heteroatoms. The van der Waals surface area contributed by atoms with Crippen molar-refractivity contribution in [1.29, 1.82) is 0 Å². The molecule has 4 heavy (non-hydrogen) atoms. The summed E-state index contributed by atoms with van der Waals surface area (Å²) in [6.07, 6.45) is 0. The minimum absolute atomic E-state index is 0. The second-order valence-electron chi connectivity index (χ2n) is 0.126. The predicted molar refractivity (Wildman–Crippen MR) is 14.7 cm³/mol. The second-order valence-corrected chi connectivity index (χ2v) is 0.378. The first-order valence-electron chi connectivity index (χ1n) is 0.552. The van der Waals surface area contributed by atoms with E-state index in [1.165, 1.54) is 0 Å². The Labute approximate surface area is 43.0 Å². The number of hydrogen-bond donors (Lipinski definition) is 0. The van der Waals surface area contributed by atoms with Crippen LogP contribution in [0.4, 0.5) is 0 Å². The smallest absolute Gasteiger partial charge is 0.502 e. The Morgan fingerprint density at radius 2 is 1.75 bits per heavy atom. The summed E-state index contributed by atoms with van der Waals surface area (Å²) >= 11 is 4.65. The van der Waals surface area contributed by atoms with Gasteiger partial charge in [0.2, 0.25) is 0 Å². The summed E-state index contributed by atoms with van der Waals surface area (Å²) in [6.45, 7) is 4.49. The van der Waals surface area contributed by atoms with Crippen LogP contribution in [0.1, 0.15) is 0 Å². The molecule has 0 N–H and O–H groups in total. The molecule has 0 aromatic rings. The normalized spacial score (nSPS) is 3.25. The van der Waals surface area contributed by atoms with Crippen molar-refractivity contribution in [2.45, 2.75) is 0 Å². The molecule has 0 aliphatic rings. The van der Waals surface area contributed by atoms with Gasteiger partial charge in [0.05, 0.1) is 0 Å². The summed E-state index contributed by atoms with van der Waals surface area (Å²) in [5, 5.41) is 0. The van der Waals surface area contributed by atoms with Crippen molar-refractivity contribution in [2.24, 2.45) is 0 Å². The zero-order valence-corrected chi connectivity index (χ0v) is 3.29. The van der Waals surface area contributed by atoms with Gasteiger partial charge in [0.15, 0.2) is 0 Å². The molecule has 0 aromatic carbocycles. The van der Waals surface area contributed by atoms with E-state index in [1.807, 2.05) is 0 Å². The van der Waals surface area contributed by atoms with Crippen LogP contribution in [0.15, 0.2) is 5.54 Å². The molecule has 0 unspecified atom stereocenters. The molecule has 0 fully saturated rings. The Kier molecular flexibility index (Phi) is 20.8. The van der Waals surface area contributed by atoms with E-state index in [0.29, 0.717) is 0 Å². The van der Waals surface area contributed by atoms with E-state index >= 15 is 0 Å². The van der Waals surface area contributed by atoms with Crippen LogP contribution in [0.2, 0.25) is 0 Å². The molecule has 0 heterocycles. The standard InChI is InChI=1S/C2H2Cl.Li/c1-2-3;/h1-2H;/q-1;+1. The Morgan fingerprint density at radius 3 is 1.75 bits per heavy atom. The first-order chi connectivity index (χ1) is 1.41. The Bertz CT molecular complexity index is 13.5. The molecular weight excluding hydrogens is 66.4 g/mol. The van der Waals surface area contributed by atoms with Crippen molar-refractivity contribution in [3.63, 3.8) is 0 Å². The summed E-state index contributed by atoms with van der Waals surface area (Å²) in [4.78, 5) is 0. The zero-order chi connectivity index (χ0) is 2.71. The van der Waals surface area contributed by atoms with E-state index in [2.05, 4.69) is 18.2 Å². The molecule has 0 aliphatic heterocycles. The maximum atomic E-state index is 4.65. The van der Waals surface area contributed by atoms with Crippen LogP contribution in [0.5, 0.6) is 0 Å². The molecule has 0 saturated heterocycles. The molecule has 0 rings (SSSR count). The third-order valence-corrected chi connectivity index (χ3v) is 0. The number of hydrogen-bond acceptors (Lipinski definition) is 0. The van der Waals surface area contributed by atoms with Crippen LogP contribution in [0.25, 0.3) is 0 Å². The minimum atomic E-state index is 0.